The van der Waals surface area contributed by atoms with Crippen molar-refractivity contribution in [3.8, 4) is 11.1 Å². The second-order valence-corrected chi connectivity index (χ2v) is 16.6. The first-order valence-corrected chi connectivity index (χ1v) is 19.0. The van der Waals surface area contributed by atoms with Gasteiger partial charge in [0.05, 0.1) is 16.9 Å². The van der Waals surface area contributed by atoms with E-state index in [1.54, 1.807) is 6.07 Å². The van der Waals surface area contributed by atoms with Crippen molar-refractivity contribution in [2.24, 2.45) is 0 Å². The molecule has 0 saturated heterocycles. The molecule has 230 valence electrons. The number of hydrogen-bond donors (Lipinski definition) is 0. The maximum absolute atomic E-state index is 12.5. The van der Waals surface area contributed by atoms with E-state index in [0.717, 1.165) is 49.4 Å². The van der Waals surface area contributed by atoms with Crippen LogP contribution in [0.2, 0.25) is 0 Å². The molecule has 0 aliphatic rings. The van der Waals surface area contributed by atoms with Crippen molar-refractivity contribution in [3.63, 3.8) is 0 Å². The van der Waals surface area contributed by atoms with E-state index in [1.165, 1.54) is 12.1 Å². The predicted molar refractivity (Wildman–Crippen MR) is 185 cm³/mol. The van der Waals surface area contributed by atoms with Crippen LogP contribution in [0.5, 0.6) is 0 Å². The monoisotopic (exact) mass is 758 g/mol. The molecule has 0 aliphatic heterocycles. The van der Waals surface area contributed by atoms with Crippen LogP contribution in [0, 0.1) is 0 Å². The standard InChI is InChI=1S/C36H28O6P2S2.2K/c37-41-42-45-31-21-23-35(43(27-13-5-1-6-14-27)28-15-7-2-8-16-28)33(25-31)34-26-32(46(38,39)40)22-24-36(34)44(29-17-9-3-10-18-29)30-19-11-4-12-20-30;;/h1-26,37H,(H,38,39,40);;/q;2*+1/p-2. The molecule has 6 nitrogen and oxygen atoms in total. The van der Waals surface area contributed by atoms with Gasteiger partial charge in [-0.2, -0.15) is 4.33 Å². The molecule has 6 rings (SSSR count). The van der Waals surface area contributed by atoms with Crippen molar-refractivity contribution in [1.82, 2.24) is 0 Å². The average molecular weight is 759 g/mol. The van der Waals surface area contributed by atoms with Crippen molar-refractivity contribution in [1.29, 1.82) is 0 Å². The summed E-state index contributed by atoms with van der Waals surface area (Å²) in [6, 6.07) is 50.7. The van der Waals surface area contributed by atoms with E-state index in [9.17, 15) is 18.2 Å². The molecule has 0 aliphatic carbocycles. The predicted octanol–water partition coefficient (Wildman–Crippen LogP) is -0.987. The summed E-state index contributed by atoms with van der Waals surface area (Å²) < 4.78 is 42.2. The molecule has 48 heavy (non-hydrogen) atoms. The molecule has 0 amide bonds. The van der Waals surface area contributed by atoms with Crippen LogP contribution in [-0.2, 0) is 19.5 Å². The molecular weight excluding hydrogens is 733 g/mol. The van der Waals surface area contributed by atoms with Gasteiger partial charge in [0, 0.05) is 4.90 Å². The third-order valence-corrected chi connectivity index (χ3v) is 13.6. The Morgan fingerprint density at radius 2 is 0.896 bits per heavy atom. The van der Waals surface area contributed by atoms with Gasteiger partial charge in [-0.1, -0.05) is 133 Å². The molecule has 0 heterocycles. The minimum absolute atomic E-state index is 0. The molecule has 0 bridgehead atoms. The Hall–Kier alpha value is -0.407. The van der Waals surface area contributed by atoms with E-state index < -0.39 is 26.0 Å². The average Bonchev–Trinajstić information content (AvgIpc) is 3.09. The number of rotatable bonds is 11. The van der Waals surface area contributed by atoms with Gasteiger partial charge in [0.25, 0.3) is 0 Å². The molecule has 0 aromatic heterocycles. The van der Waals surface area contributed by atoms with Crippen molar-refractivity contribution in [2.75, 3.05) is 0 Å². The summed E-state index contributed by atoms with van der Waals surface area (Å²) >= 11 is 0.756. The van der Waals surface area contributed by atoms with Crippen molar-refractivity contribution in [2.45, 2.75) is 9.79 Å². The first kappa shape index (κ1) is 40.4. The summed E-state index contributed by atoms with van der Waals surface area (Å²) in [6.45, 7) is 0. The molecule has 0 fully saturated rings. The largest absolute Gasteiger partial charge is 1.00 e. The van der Waals surface area contributed by atoms with Gasteiger partial charge in [-0.25, -0.2) is 8.42 Å². The van der Waals surface area contributed by atoms with E-state index in [1.807, 2.05) is 91.0 Å². The van der Waals surface area contributed by atoms with Gasteiger partial charge in [-0.3, -0.25) is 5.04 Å². The van der Waals surface area contributed by atoms with Crippen molar-refractivity contribution >= 4 is 69.8 Å². The Morgan fingerprint density at radius 3 is 1.27 bits per heavy atom. The van der Waals surface area contributed by atoms with Gasteiger partial charge in [-0.05, 0) is 83.1 Å². The SMILES string of the molecule is O=S(=O)([O-])c1ccc(P(c2ccccc2)c2ccccc2)c(-c2cc(SOO[O-])ccc2P(c2ccccc2)c2ccccc2)c1.[K+].[K+]. The first-order valence-electron chi connectivity index (χ1n) is 14.1. The second kappa shape index (κ2) is 19.4. The van der Waals surface area contributed by atoms with Crippen LogP contribution in [0.3, 0.4) is 0 Å². The molecule has 0 atom stereocenters. The molecule has 0 unspecified atom stereocenters. The van der Waals surface area contributed by atoms with Crippen LogP contribution >= 0.6 is 27.9 Å². The molecule has 6 aromatic rings. The van der Waals surface area contributed by atoms with E-state index in [-0.39, 0.29) is 108 Å². The molecule has 12 heteroatoms. The normalized spacial score (nSPS) is 11.2. The second-order valence-electron chi connectivity index (χ2n) is 10.0. The van der Waals surface area contributed by atoms with Crippen LogP contribution in [0.15, 0.2) is 168 Å². The zero-order valence-corrected chi connectivity index (χ0v) is 35.8. The quantitative estimate of drug-likeness (QED) is 0.0419. The number of hydrogen-bond acceptors (Lipinski definition) is 7. The maximum Gasteiger partial charge on any atom is 1.00 e. The first-order chi connectivity index (χ1) is 22.4. The van der Waals surface area contributed by atoms with Gasteiger partial charge in [-0.15, -0.1) is 0 Å². The summed E-state index contributed by atoms with van der Waals surface area (Å²) in [5.74, 6) is 0. The summed E-state index contributed by atoms with van der Waals surface area (Å²) in [7, 11) is -7.15. The van der Waals surface area contributed by atoms with Gasteiger partial charge < -0.3 is 9.81 Å². The van der Waals surface area contributed by atoms with Crippen molar-refractivity contribution < 1.29 is 130 Å². The molecule has 0 spiro atoms. The Labute approximate surface area is 372 Å². The summed E-state index contributed by atoms with van der Waals surface area (Å²) in [4.78, 5) is 0.241. The van der Waals surface area contributed by atoms with Crippen LogP contribution < -0.4 is 140 Å². The Bertz CT molecular complexity index is 1950. The summed E-state index contributed by atoms with van der Waals surface area (Å²) in [5.41, 5.74) is 1.33. The van der Waals surface area contributed by atoms with E-state index in [0.29, 0.717) is 10.5 Å². The third kappa shape index (κ3) is 9.92. The van der Waals surface area contributed by atoms with Crippen LogP contribution in [0.4, 0.5) is 0 Å². The van der Waals surface area contributed by atoms with Crippen molar-refractivity contribution in [3.05, 3.63) is 158 Å². The van der Waals surface area contributed by atoms with Gasteiger partial charge in [0.2, 0.25) is 0 Å². The Morgan fingerprint density at radius 1 is 0.521 bits per heavy atom. The van der Waals surface area contributed by atoms with Crippen LogP contribution in [0.1, 0.15) is 0 Å². The zero-order chi connectivity index (χ0) is 31.9. The minimum Gasteiger partial charge on any atom is -0.744 e. The van der Waals surface area contributed by atoms with E-state index >= 15 is 0 Å². The fourth-order valence-electron chi connectivity index (χ4n) is 5.28. The van der Waals surface area contributed by atoms with Gasteiger partial charge in [0.1, 0.15) is 10.1 Å². The number of benzene rings is 6. The van der Waals surface area contributed by atoms with Crippen LogP contribution in [-0.4, -0.2) is 13.0 Å². The summed E-state index contributed by atoms with van der Waals surface area (Å²) in [6.07, 6.45) is 0. The third-order valence-electron chi connectivity index (χ3n) is 7.21. The molecule has 6 aromatic carbocycles. The molecule has 0 radical (unpaired) electrons. The van der Waals surface area contributed by atoms with Gasteiger partial charge >= 0.3 is 103 Å². The summed E-state index contributed by atoms with van der Waals surface area (Å²) in [5, 5.41) is 20.5. The topological polar surface area (TPSA) is 98.7 Å². The Balaban J connectivity index is 0.00000260. The smallest absolute Gasteiger partial charge is 0.744 e. The van der Waals surface area contributed by atoms with Gasteiger partial charge in [0.15, 0.2) is 0 Å². The van der Waals surface area contributed by atoms with Crippen LogP contribution in [0.25, 0.3) is 11.1 Å². The van der Waals surface area contributed by atoms with E-state index in [4.69, 9.17) is 4.33 Å². The zero-order valence-electron chi connectivity index (χ0n) is 26.2. The fourth-order valence-corrected chi connectivity index (χ4v) is 11.1. The maximum atomic E-state index is 12.5. The Kier molecular flexibility index (Phi) is 16.3. The molecular formula is C36H26K2O6P2S2. The minimum atomic E-state index is -4.80. The molecule has 0 saturated carbocycles. The fraction of sp³-hybridized carbons (Fsp3) is 0. The van der Waals surface area contributed by atoms with E-state index in [2.05, 4.69) is 53.6 Å². The molecule has 0 N–H and O–H groups in total.